The standard InChI is InChI=1S/C21H17F3N6/c22-15-4-5-17(23)16(8-15)18-2-1-7-29(18)20-9-21(28-27-20)30-12-14(11-26-30)13-3-6-19(24)25-10-13/h3-6,8-12,18H,1-2,7H2,(H,27,28)/t18-/m1/s1. The van der Waals surface area contributed by atoms with Crippen LogP contribution < -0.4 is 4.90 Å². The molecule has 1 aromatic carbocycles. The van der Waals surface area contributed by atoms with Crippen molar-refractivity contribution in [1.29, 1.82) is 0 Å². The van der Waals surface area contributed by atoms with E-state index in [0.29, 0.717) is 30.2 Å². The number of hydrogen-bond acceptors (Lipinski definition) is 4. The first-order valence-corrected chi connectivity index (χ1v) is 9.52. The molecular weight excluding hydrogens is 393 g/mol. The number of aromatic nitrogens is 5. The maximum Gasteiger partial charge on any atom is 0.212 e. The first-order chi connectivity index (χ1) is 14.6. The Hall–Kier alpha value is -3.62. The molecule has 0 unspecified atom stereocenters. The van der Waals surface area contributed by atoms with Gasteiger partial charge in [0.2, 0.25) is 5.95 Å². The number of rotatable bonds is 4. The van der Waals surface area contributed by atoms with Gasteiger partial charge in [-0.15, -0.1) is 0 Å². The molecule has 30 heavy (non-hydrogen) atoms. The van der Waals surface area contributed by atoms with Gasteiger partial charge in [0, 0.05) is 41.7 Å². The van der Waals surface area contributed by atoms with Crippen LogP contribution in [0.2, 0.25) is 0 Å². The summed E-state index contributed by atoms with van der Waals surface area (Å²) in [7, 11) is 0. The Morgan fingerprint density at radius 1 is 1.00 bits per heavy atom. The van der Waals surface area contributed by atoms with Crippen molar-refractivity contribution in [3.63, 3.8) is 0 Å². The minimum absolute atomic E-state index is 0.282. The molecule has 3 aromatic heterocycles. The van der Waals surface area contributed by atoms with Crippen molar-refractivity contribution in [2.75, 3.05) is 11.4 Å². The molecule has 5 rings (SSSR count). The zero-order valence-corrected chi connectivity index (χ0v) is 15.8. The molecule has 0 saturated carbocycles. The number of H-pyrrole nitrogens is 1. The van der Waals surface area contributed by atoms with E-state index in [0.717, 1.165) is 29.7 Å². The highest BCUT2D eigenvalue weighted by Gasteiger charge is 2.30. The maximum atomic E-state index is 14.3. The molecule has 0 aliphatic carbocycles. The molecule has 1 N–H and O–H groups in total. The van der Waals surface area contributed by atoms with Gasteiger partial charge in [-0.3, -0.25) is 5.10 Å². The first kappa shape index (κ1) is 18.4. The number of aromatic amines is 1. The average Bonchev–Trinajstić information content (AvgIpc) is 3.50. The van der Waals surface area contributed by atoms with Gasteiger partial charge in [-0.05, 0) is 43.2 Å². The lowest BCUT2D eigenvalue weighted by molar-refractivity contribution is 0.560. The molecule has 152 valence electrons. The summed E-state index contributed by atoms with van der Waals surface area (Å²) in [4.78, 5) is 5.62. The summed E-state index contributed by atoms with van der Waals surface area (Å²) in [5, 5.41) is 11.6. The van der Waals surface area contributed by atoms with Gasteiger partial charge >= 0.3 is 0 Å². The van der Waals surface area contributed by atoms with Crippen molar-refractivity contribution in [2.45, 2.75) is 18.9 Å². The van der Waals surface area contributed by atoms with Gasteiger partial charge in [0.05, 0.1) is 12.2 Å². The summed E-state index contributed by atoms with van der Waals surface area (Å²) in [5.74, 6) is -0.165. The van der Waals surface area contributed by atoms with Gasteiger partial charge < -0.3 is 4.90 Å². The maximum absolute atomic E-state index is 14.3. The van der Waals surface area contributed by atoms with E-state index in [2.05, 4.69) is 20.3 Å². The molecule has 1 atom stereocenters. The fourth-order valence-electron chi connectivity index (χ4n) is 3.85. The van der Waals surface area contributed by atoms with Crippen LogP contribution in [0, 0.1) is 17.6 Å². The van der Waals surface area contributed by atoms with E-state index in [1.807, 2.05) is 11.0 Å². The Morgan fingerprint density at radius 3 is 2.73 bits per heavy atom. The van der Waals surface area contributed by atoms with E-state index in [-0.39, 0.29) is 6.04 Å². The zero-order chi connectivity index (χ0) is 20.7. The minimum Gasteiger partial charge on any atom is -0.348 e. The fraction of sp³-hybridized carbons (Fsp3) is 0.190. The Morgan fingerprint density at radius 2 is 1.90 bits per heavy atom. The molecule has 1 aliphatic rings. The molecule has 0 amide bonds. The second kappa shape index (κ2) is 7.33. The summed E-state index contributed by atoms with van der Waals surface area (Å²) in [6.07, 6.45) is 6.44. The van der Waals surface area contributed by atoms with E-state index >= 15 is 0 Å². The number of benzene rings is 1. The lowest BCUT2D eigenvalue weighted by Crippen LogP contribution is -2.23. The van der Waals surface area contributed by atoms with Crippen LogP contribution in [-0.2, 0) is 0 Å². The van der Waals surface area contributed by atoms with E-state index in [4.69, 9.17) is 0 Å². The quantitative estimate of drug-likeness (QED) is 0.506. The highest BCUT2D eigenvalue weighted by Crippen LogP contribution is 2.37. The van der Waals surface area contributed by atoms with Crippen molar-refractivity contribution in [3.05, 3.63) is 78.1 Å². The summed E-state index contributed by atoms with van der Waals surface area (Å²) in [6.45, 7) is 0.691. The van der Waals surface area contributed by atoms with Crippen LogP contribution in [-0.4, -0.2) is 31.5 Å². The van der Waals surface area contributed by atoms with E-state index in [9.17, 15) is 13.2 Å². The van der Waals surface area contributed by atoms with Crippen LogP contribution in [0.5, 0.6) is 0 Å². The summed E-state index contributed by atoms with van der Waals surface area (Å²) >= 11 is 0. The van der Waals surface area contributed by atoms with Crippen molar-refractivity contribution < 1.29 is 13.2 Å². The largest absolute Gasteiger partial charge is 0.348 e. The predicted molar refractivity (Wildman–Crippen MR) is 105 cm³/mol. The second-order valence-electron chi connectivity index (χ2n) is 7.17. The van der Waals surface area contributed by atoms with Crippen LogP contribution in [0.3, 0.4) is 0 Å². The molecule has 0 radical (unpaired) electrons. The third kappa shape index (κ3) is 3.32. The molecule has 4 aromatic rings. The molecule has 9 heteroatoms. The van der Waals surface area contributed by atoms with Crippen molar-refractivity contribution in [2.24, 2.45) is 0 Å². The Kier molecular flexibility index (Phi) is 4.50. The normalized spacial score (nSPS) is 16.4. The second-order valence-corrected chi connectivity index (χ2v) is 7.17. The van der Waals surface area contributed by atoms with Crippen LogP contribution in [0.25, 0.3) is 16.9 Å². The first-order valence-electron chi connectivity index (χ1n) is 9.52. The van der Waals surface area contributed by atoms with Crippen LogP contribution in [0.4, 0.5) is 19.0 Å². The molecule has 1 fully saturated rings. The number of nitrogens with zero attached hydrogens (tertiary/aromatic N) is 5. The van der Waals surface area contributed by atoms with Gasteiger partial charge in [0.1, 0.15) is 11.6 Å². The molecular formula is C21H17F3N6. The van der Waals surface area contributed by atoms with Crippen LogP contribution >= 0.6 is 0 Å². The smallest absolute Gasteiger partial charge is 0.212 e. The molecule has 6 nitrogen and oxygen atoms in total. The highest BCUT2D eigenvalue weighted by atomic mass is 19.1. The molecule has 0 spiro atoms. The van der Waals surface area contributed by atoms with Crippen molar-refractivity contribution >= 4 is 5.82 Å². The zero-order valence-electron chi connectivity index (χ0n) is 15.8. The van der Waals surface area contributed by atoms with E-state index in [1.54, 1.807) is 23.1 Å². The Bertz CT molecular complexity index is 1180. The highest BCUT2D eigenvalue weighted by molar-refractivity contribution is 5.61. The molecule has 0 bridgehead atoms. The van der Waals surface area contributed by atoms with Gasteiger partial charge in [0.25, 0.3) is 0 Å². The number of halogens is 3. The van der Waals surface area contributed by atoms with E-state index in [1.165, 1.54) is 18.3 Å². The SMILES string of the molecule is Fc1ccc(F)c([C@H]2CCCN2c2cc(-n3cc(-c4ccc(F)nc4)cn3)[nH]n2)c1. The average molecular weight is 410 g/mol. The van der Waals surface area contributed by atoms with Gasteiger partial charge in [0.15, 0.2) is 11.6 Å². The third-order valence-corrected chi connectivity index (χ3v) is 5.31. The summed E-state index contributed by atoms with van der Waals surface area (Å²) in [5.41, 5.74) is 1.85. The van der Waals surface area contributed by atoms with Crippen LogP contribution in [0.1, 0.15) is 24.4 Å². The lowest BCUT2D eigenvalue weighted by atomic mass is 10.0. The molecule has 1 aliphatic heterocycles. The Balaban J connectivity index is 1.41. The van der Waals surface area contributed by atoms with Gasteiger partial charge in [-0.25, -0.2) is 18.4 Å². The Labute approximate surface area is 170 Å². The summed E-state index contributed by atoms with van der Waals surface area (Å²) < 4.78 is 42.6. The number of anilines is 1. The third-order valence-electron chi connectivity index (χ3n) is 5.31. The van der Waals surface area contributed by atoms with Crippen LogP contribution in [0.15, 0.2) is 55.0 Å². The monoisotopic (exact) mass is 410 g/mol. The van der Waals surface area contributed by atoms with Gasteiger partial charge in [-0.1, -0.05) is 0 Å². The van der Waals surface area contributed by atoms with Crippen molar-refractivity contribution in [3.8, 4) is 16.9 Å². The number of hydrogen-bond donors (Lipinski definition) is 1. The number of pyridine rings is 1. The number of nitrogens with one attached hydrogen (secondary N) is 1. The lowest BCUT2D eigenvalue weighted by Gasteiger charge is -2.25. The fourth-order valence-corrected chi connectivity index (χ4v) is 3.85. The predicted octanol–water partition coefficient (Wildman–Crippen LogP) is 4.42. The van der Waals surface area contributed by atoms with Gasteiger partial charge in [-0.2, -0.15) is 14.6 Å². The van der Waals surface area contributed by atoms with E-state index < -0.39 is 17.6 Å². The molecule has 1 saturated heterocycles. The summed E-state index contributed by atoms with van der Waals surface area (Å²) in [6, 6.07) is 7.99. The van der Waals surface area contributed by atoms with Crippen molar-refractivity contribution in [1.82, 2.24) is 25.0 Å². The minimum atomic E-state index is -0.542. The topological polar surface area (TPSA) is 62.6 Å². The molecule has 4 heterocycles.